The number of Topliss-reactive ketones (excluding diaryl/α,β-unsaturated/α-hetero) is 1. The Morgan fingerprint density at radius 3 is 2.58 bits per heavy atom. The lowest BCUT2D eigenvalue weighted by Gasteiger charge is -2.27. The first-order chi connectivity index (χ1) is 15.9. The van der Waals surface area contributed by atoms with Crippen LogP contribution >= 0.6 is 11.3 Å². The van der Waals surface area contributed by atoms with Crippen molar-refractivity contribution >= 4 is 23.0 Å². The summed E-state index contributed by atoms with van der Waals surface area (Å²) < 4.78 is 19.9. The molecule has 3 aromatic rings. The normalized spacial score (nSPS) is 16.0. The van der Waals surface area contributed by atoms with E-state index in [-0.39, 0.29) is 17.7 Å². The number of thiazole rings is 1. The number of ketones is 1. The Morgan fingerprint density at radius 1 is 1.18 bits per heavy atom. The number of rotatable bonds is 8. The van der Waals surface area contributed by atoms with E-state index in [2.05, 4.69) is 4.98 Å². The molecule has 2 aromatic carbocycles. The van der Waals surface area contributed by atoms with Crippen molar-refractivity contribution in [2.45, 2.75) is 19.4 Å². The van der Waals surface area contributed by atoms with Crippen LogP contribution in [0.2, 0.25) is 0 Å². The van der Waals surface area contributed by atoms with Gasteiger partial charge in [0.2, 0.25) is 5.78 Å². The van der Waals surface area contributed by atoms with E-state index >= 15 is 0 Å². The van der Waals surface area contributed by atoms with Gasteiger partial charge in [0.1, 0.15) is 10.8 Å². The predicted octanol–water partition coefficient (Wildman–Crippen LogP) is 4.87. The summed E-state index contributed by atoms with van der Waals surface area (Å²) in [5.74, 6) is -2.44. The summed E-state index contributed by atoms with van der Waals surface area (Å²) in [6.45, 7) is 2.29. The molecule has 1 N–H and O–H groups in total. The Labute approximate surface area is 195 Å². The van der Waals surface area contributed by atoms with Gasteiger partial charge >= 0.3 is 0 Å². The highest BCUT2D eigenvalue weighted by atomic mass is 32.1. The summed E-state index contributed by atoms with van der Waals surface area (Å²) in [4.78, 5) is 32.8. The molecule has 6 nitrogen and oxygen atoms in total. The maximum atomic E-state index is 14.8. The Hall–Kier alpha value is -3.36. The molecule has 1 amide bonds. The topological polar surface area (TPSA) is 79.7 Å². The van der Waals surface area contributed by atoms with Gasteiger partial charge in [-0.05, 0) is 19.4 Å². The molecule has 2 heterocycles. The first-order valence-electron chi connectivity index (χ1n) is 10.5. The third-order valence-electron chi connectivity index (χ3n) is 5.52. The molecule has 0 bridgehead atoms. The molecule has 0 spiro atoms. The molecule has 0 fully saturated rings. The first kappa shape index (κ1) is 22.8. The van der Waals surface area contributed by atoms with Crippen LogP contribution in [0.1, 0.15) is 33.4 Å². The Balaban J connectivity index is 1.77. The highest BCUT2D eigenvalue weighted by Crippen LogP contribution is 2.41. The van der Waals surface area contributed by atoms with E-state index in [1.165, 1.54) is 34.4 Å². The van der Waals surface area contributed by atoms with E-state index in [1.807, 2.05) is 30.3 Å². The largest absolute Gasteiger partial charge is 0.503 e. The number of nitrogens with zero attached hydrogens (tertiary/aromatic N) is 2. The smallest absolute Gasteiger partial charge is 0.290 e. The van der Waals surface area contributed by atoms with Crippen molar-refractivity contribution in [3.05, 3.63) is 87.9 Å². The number of aliphatic hydroxyl groups is 1. The van der Waals surface area contributed by atoms with Gasteiger partial charge in [0.25, 0.3) is 5.91 Å². The van der Waals surface area contributed by atoms with Gasteiger partial charge in [0.15, 0.2) is 5.76 Å². The molecule has 0 saturated heterocycles. The number of methoxy groups -OCH3 is 1. The molecule has 0 saturated carbocycles. The quantitative estimate of drug-likeness (QED) is 0.378. The highest BCUT2D eigenvalue weighted by Gasteiger charge is 2.45. The van der Waals surface area contributed by atoms with Crippen LogP contribution in [0.4, 0.5) is 4.39 Å². The van der Waals surface area contributed by atoms with E-state index in [0.29, 0.717) is 28.6 Å². The van der Waals surface area contributed by atoms with Crippen LogP contribution in [0.25, 0.3) is 10.6 Å². The number of benzene rings is 2. The Morgan fingerprint density at radius 2 is 1.88 bits per heavy atom. The molecule has 0 aliphatic carbocycles. The second kappa shape index (κ2) is 9.64. The number of carbonyl (C=O) groups excluding carboxylic acids is 2. The van der Waals surface area contributed by atoms with Crippen molar-refractivity contribution in [1.29, 1.82) is 0 Å². The van der Waals surface area contributed by atoms with Gasteiger partial charge in [-0.2, -0.15) is 0 Å². The van der Waals surface area contributed by atoms with E-state index in [1.54, 1.807) is 20.1 Å². The average molecular weight is 467 g/mol. The average Bonchev–Trinajstić information content (AvgIpc) is 3.33. The van der Waals surface area contributed by atoms with Crippen LogP contribution < -0.4 is 0 Å². The van der Waals surface area contributed by atoms with E-state index in [4.69, 9.17) is 4.74 Å². The Bertz CT molecular complexity index is 1220. The summed E-state index contributed by atoms with van der Waals surface area (Å²) in [5.41, 5.74) is 1.37. The van der Waals surface area contributed by atoms with Crippen LogP contribution in [0.15, 0.2) is 65.9 Å². The maximum absolute atomic E-state index is 14.8. The number of aliphatic hydroxyl groups excluding tert-OH is 1. The number of amides is 1. The summed E-state index contributed by atoms with van der Waals surface area (Å²) in [6, 6.07) is 14.4. The zero-order valence-corrected chi connectivity index (χ0v) is 19.1. The van der Waals surface area contributed by atoms with Crippen molar-refractivity contribution in [1.82, 2.24) is 9.88 Å². The van der Waals surface area contributed by atoms with Crippen LogP contribution in [-0.4, -0.2) is 46.9 Å². The van der Waals surface area contributed by atoms with Gasteiger partial charge in [-0.15, -0.1) is 11.3 Å². The number of carbonyl (C=O) groups is 2. The highest BCUT2D eigenvalue weighted by molar-refractivity contribution is 7.17. The van der Waals surface area contributed by atoms with E-state index < -0.39 is 29.3 Å². The lowest BCUT2D eigenvalue weighted by molar-refractivity contribution is -0.129. The van der Waals surface area contributed by atoms with Crippen LogP contribution in [0.5, 0.6) is 0 Å². The van der Waals surface area contributed by atoms with Crippen molar-refractivity contribution < 1.29 is 23.8 Å². The standard InChI is InChI=1S/C25H23FN2O4S/c1-15-23(33-24(27-15)16-9-4-3-5-10-16)21(29)19-20(17-11-6-7-12-18(17)26)28(13-8-14-32-2)25(31)22(19)30/h3-7,9-12,20,30H,8,13-14H2,1-2H3. The minimum atomic E-state index is -1.04. The number of aromatic nitrogens is 1. The fourth-order valence-electron chi connectivity index (χ4n) is 3.95. The van der Waals surface area contributed by atoms with Crippen molar-refractivity contribution in [2.75, 3.05) is 20.3 Å². The summed E-state index contributed by atoms with van der Waals surface area (Å²) in [5, 5.41) is 11.4. The molecule has 1 aromatic heterocycles. The molecule has 1 unspecified atom stereocenters. The Kier molecular flexibility index (Phi) is 6.67. The van der Waals surface area contributed by atoms with Crippen LogP contribution in [0.3, 0.4) is 0 Å². The minimum absolute atomic E-state index is 0.131. The van der Waals surface area contributed by atoms with Crippen molar-refractivity contribution in [3.63, 3.8) is 0 Å². The van der Waals surface area contributed by atoms with E-state index in [0.717, 1.165) is 5.56 Å². The lowest BCUT2D eigenvalue weighted by atomic mass is 9.94. The van der Waals surface area contributed by atoms with Gasteiger partial charge in [0, 0.05) is 31.4 Å². The summed E-state index contributed by atoms with van der Waals surface area (Å²) in [6.07, 6.45) is 0.472. The summed E-state index contributed by atoms with van der Waals surface area (Å²) >= 11 is 1.19. The summed E-state index contributed by atoms with van der Waals surface area (Å²) in [7, 11) is 1.54. The molecule has 170 valence electrons. The maximum Gasteiger partial charge on any atom is 0.290 e. The zero-order valence-electron chi connectivity index (χ0n) is 18.2. The minimum Gasteiger partial charge on any atom is -0.503 e. The predicted molar refractivity (Wildman–Crippen MR) is 124 cm³/mol. The second-order valence-electron chi connectivity index (χ2n) is 7.66. The third-order valence-corrected chi connectivity index (χ3v) is 6.72. The SMILES string of the molecule is COCCCN1C(=O)C(O)=C(C(=O)c2sc(-c3ccccc3)nc2C)C1c1ccccc1F. The molecule has 1 aliphatic heterocycles. The van der Waals surface area contributed by atoms with Gasteiger partial charge in [-0.25, -0.2) is 9.37 Å². The molecule has 0 radical (unpaired) electrons. The third kappa shape index (κ3) is 4.31. The fourth-order valence-corrected chi connectivity index (χ4v) is 4.98. The molecular formula is C25H23FN2O4S. The van der Waals surface area contributed by atoms with E-state index in [9.17, 15) is 19.1 Å². The van der Waals surface area contributed by atoms with Gasteiger partial charge in [-0.1, -0.05) is 48.5 Å². The van der Waals surface area contributed by atoms with Crippen LogP contribution in [0, 0.1) is 12.7 Å². The molecule has 1 atom stereocenters. The fraction of sp³-hybridized carbons (Fsp3) is 0.240. The number of halogens is 1. The zero-order chi connectivity index (χ0) is 23.5. The van der Waals surface area contributed by atoms with Crippen molar-refractivity contribution in [2.24, 2.45) is 0 Å². The number of aryl methyl sites for hydroxylation is 1. The first-order valence-corrected chi connectivity index (χ1v) is 11.3. The lowest BCUT2D eigenvalue weighted by Crippen LogP contribution is -2.33. The number of hydrogen-bond donors (Lipinski definition) is 1. The molecule has 1 aliphatic rings. The monoisotopic (exact) mass is 466 g/mol. The van der Waals surface area contributed by atoms with Crippen LogP contribution in [-0.2, 0) is 9.53 Å². The number of ether oxygens (including phenoxy) is 1. The number of hydrogen-bond acceptors (Lipinski definition) is 6. The molecule has 4 rings (SSSR count). The molecule has 33 heavy (non-hydrogen) atoms. The second-order valence-corrected chi connectivity index (χ2v) is 8.66. The molecule has 8 heteroatoms. The van der Waals surface area contributed by atoms with Gasteiger partial charge in [0.05, 0.1) is 22.2 Å². The van der Waals surface area contributed by atoms with Crippen molar-refractivity contribution in [3.8, 4) is 10.6 Å². The van der Waals surface area contributed by atoms with Gasteiger partial charge < -0.3 is 14.7 Å². The van der Waals surface area contributed by atoms with Gasteiger partial charge in [-0.3, -0.25) is 9.59 Å². The molecular weight excluding hydrogens is 443 g/mol.